The average molecular weight is 552 g/mol. The van der Waals surface area contributed by atoms with Crippen LogP contribution < -0.4 is 10.6 Å². The molecule has 1 unspecified atom stereocenters. The summed E-state index contributed by atoms with van der Waals surface area (Å²) in [4.78, 5) is 42.1. The molecule has 3 N–H and O–H groups in total. The molecule has 0 radical (unpaired) electrons. The van der Waals surface area contributed by atoms with Crippen molar-refractivity contribution in [1.29, 1.82) is 5.26 Å². The molecule has 12 heteroatoms. The van der Waals surface area contributed by atoms with Gasteiger partial charge in [0.25, 0.3) is 0 Å². The SMILES string of the molecule is CC(C)(C)[C@H](NC(=O)C(F)(F)F)C(O)N1C[C@H]2[C@@H]([C@H]1C(=O)N1C[C@]3(CCCNC3=O)C[C@H]1C#N)[C@H]1C=C[C@@H]2C1. The molecule has 39 heavy (non-hydrogen) atoms. The number of halogens is 3. The molecule has 9 atom stereocenters. The van der Waals surface area contributed by atoms with E-state index in [1.54, 1.807) is 20.8 Å². The summed E-state index contributed by atoms with van der Waals surface area (Å²) in [7, 11) is 0. The van der Waals surface area contributed by atoms with Gasteiger partial charge in [0.2, 0.25) is 11.8 Å². The van der Waals surface area contributed by atoms with Crippen LogP contribution in [0.2, 0.25) is 0 Å². The molecule has 5 aliphatic rings. The van der Waals surface area contributed by atoms with Gasteiger partial charge in [-0.1, -0.05) is 32.9 Å². The molecule has 5 rings (SSSR count). The Kier molecular flexibility index (Phi) is 6.78. The normalized spacial score (nSPS) is 37.5. The van der Waals surface area contributed by atoms with E-state index in [1.165, 1.54) is 9.80 Å². The van der Waals surface area contributed by atoms with Crippen LogP contribution >= 0.6 is 0 Å². The van der Waals surface area contributed by atoms with Crippen molar-refractivity contribution in [1.82, 2.24) is 20.4 Å². The first-order valence-electron chi connectivity index (χ1n) is 13.7. The van der Waals surface area contributed by atoms with Gasteiger partial charge in [0.15, 0.2) is 0 Å². The van der Waals surface area contributed by atoms with E-state index in [9.17, 15) is 37.9 Å². The summed E-state index contributed by atoms with van der Waals surface area (Å²) in [6.45, 7) is 5.77. The fraction of sp³-hybridized carbons (Fsp3) is 0.778. The molecule has 3 saturated heterocycles. The largest absolute Gasteiger partial charge is 0.471 e. The second kappa shape index (κ2) is 9.47. The molecule has 3 aliphatic heterocycles. The van der Waals surface area contributed by atoms with Crippen LogP contribution in [0.4, 0.5) is 13.2 Å². The molecule has 3 heterocycles. The number of alkyl halides is 3. The van der Waals surface area contributed by atoms with Crippen molar-refractivity contribution in [3.63, 3.8) is 0 Å². The van der Waals surface area contributed by atoms with Gasteiger partial charge in [-0.25, -0.2) is 0 Å². The first-order chi connectivity index (χ1) is 18.2. The monoisotopic (exact) mass is 551 g/mol. The fourth-order valence-corrected chi connectivity index (χ4v) is 7.77. The van der Waals surface area contributed by atoms with E-state index < -0.39 is 47.3 Å². The van der Waals surface area contributed by atoms with Crippen LogP contribution in [0.25, 0.3) is 0 Å². The minimum Gasteiger partial charge on any atom is -0.376 e. The van der Waals surface area contributed by atoms with E-state index in [-0.39, 0.29) is 55.0 Å². The zero-order valence-corrected chi connectivity index (χ0v) is 22.4. The summed E-state index contributed by atoms with van der Waals surface area (Å²) in [5.74, 6) is -2.63. The molecule has 214 valence electrons. The van der Waals surface area contributed by atoms with Gasteiger partial charge in [-0.2, -0.15) is 18.4 Å². The molecule has 0 aromatic heterocycles. The summed E-state index contributed by atoms with van der Waals surface area (Å²) < 4.78 is 39.6. The summed E-state index contributed by atoms with van der Waals surface area (Å²) in [5, 5.41) is 26.4. The highest BCUT2D eigenvalue weighted by Crippen LogP contribution is 2.55. The first kappa shape index (κ1) is 27.9. The van der Waals surface area contributed by atoms with Crippen LogP contribution in [0.3, 0.4) is 0 Å². The van der Waals surface area contributed by atoms with Crippen molar-refractivity contribution in [2.75, 3.05) is 19.6 Å². The molecule has 1 spiro atoms. The lowest BCUT2D eigenvalue weighted by Crippen LogP contribution is -2.62. The highest BCUT2D eigenvalue weighted by Gasteiger charge is 2.62. The van der Waals surface area contributed by atoms with Gasteiger partial charge in [0.1, 0.15) is 12.3 Å². The number of rotatable bonds is 4. The number of hydrogen-bond acceptors (Lipinski definition) is 6. The number of nitrogens with zero attached hydrogens (tertiary/aromatic N) is 3. The molecule has 3 amide bonds. The van der Waals surface area contributed by atoms with E-state index in [0.717, 1.165) is 12.8 Å². The molecule has 0 aromatic rings. The summed E-state index contributed by atoms with van der Waals surface area (Å²) in [6.07, 6.45) is -0.147. The Morgan fingerprint density at radius 3 is 2.56 bits per heavy atom. The van der Waals surface area contributed by atoms with Crippen LogP contribution in [-0.4, -0.2) is 82.8 Å². The zero-order chi connectivity index (χ0) is 28.5. The lowest BCUT2D eigenvalue weighted by Gasteiger charge is -2.42. The molecule has 4 fully saturated rings. The maximum atomic E-state index is 14.3. The van der Waals surface area contributed by atoms with Gasteiger partial charge in [0.05, 0.1) is 23.6 Å². The number of carbonyl (C=O) groups is 3. The number of likely N-dealkylation sites (tertiary alicyclic amines) is 2. The third-order valence-corrected chi connectivity index (χ3v) is 9.66. The molecular formula is C27H36F3N5O4. The van der Waals surface area contributed by atoms with Crippen molar-refractivity contribution in [2.24, 2.45) is 34.5 Å². The Labute approximate surface area is 225 Å². The smallest absolute Gasteiger partial charge is 0.376 e. The summed E-state index contributed by atoms with van der Waals surface area (Å²) >= 11 is 0. The molecule has 1 saturated carbocycles. The standard InChI is InChI=1S/C27H36F3N5O4/c1-25(2,3)20(33-24(39)27(28,29)30)22(37)34-12-17-14-5-6-15(9-14)18(17)19(34)21(36)35-13-26(10-16(35)11-31)7-4-8-32-23(26)38/h5-6,14-20,22,37H,4,7-10,12-13H2,1-3H3,(H,32,38)(H,33,39)/t14-,15+,16+,17-,18+,19+,20-,22?,26+/m1/s1. The molecule has 2 aliphatic carbocycles. The van der Waals surface area contributed by atoms with Gasteiger partial charge < -0.3 is 20.6 Å². The van der Waals surface area contributed by atoms with Crippen LogP contribution in [-0.2, 0) is 14.4 Å². The van der Waals surface area contributed by atoms with Gasteiger partial charge in [-0.3, -0.25) is 19.3 Å². The van der Waals surface area contributed by atoms with Crippen molar-refractivity contribution in [3.8, 4) is 6.07 Å². The second-order valence-corrected chi connectivity index (χ2v) is 13.0. The van der Waals surface area contributed by atoms with E-state index in [4.69, 9.17) is 0 Å². The third-order valence-electron chi connectivity index (χ3n) is 9.66. The number of piperidine rings is 1. The number of carbonyl (C=O) groups excluding carboxylic acids is 3. The number of nitrogens with one attached hydrogen (secondary N) is 2. The highest BCUT2D eigenvalue weighted by molar-refractivity contribution is 5.88. The first-order valence-corrected chi connectivity index (χ1v) is 13.7. The minimum absolute atomic E-state index is 0.0117. The Balaban J connectivity index is 1.47. The van der Waals surface area contributed by atoms with E-state index in [2.05, 4.69) is 23.5 Å². The molecular weight excluding hydrogens is 515 g/mol. The lowest BCUT2D eigenvalue weighted by molar-refractivity contribution is -0.178. The summed E-state index contributed by atoms with van der Waals surface area (Å²) in [5.41, 5.74) is -1.82. The zero-order valence-electron chi connectivity index (χ0n) is 22.4. The number of aliphatic hydroxyl groups is 1. The maximum absolute atomic E-state index is 14.3. The summed E-state index contributed by atoms with van der Waals surface area (Å²) in [6, 6.07) is -0.856. The Morgan fingerprint density at radius 2 is 1.95 bits per heavy atom. The topological polar surface area (TPSA) is 126 Å². The van der Waals surface area contributed by atoms with Crippen molar-refractivity contribution in [2.45, 2.75) is 77.0 Å². The quantitative estimate of drug-likeness (QED) is 0.456. The number of amides is 3. The Morgan fingerprint density at radius 1 is 1.26 bits per heavy atom. The lowest BCUT2D eigenvalue weighted by atomic mass is 9.78. The number of aliphatic hydroxyl groups excluding tert-OH is 1. The number of allylic oxidation sites excluding steroid dienone is 2. The van der Waals surface area contributed by atoms with Gasteiger partial charge >= 0.3 is 12.1 Å². The predicted octanol–water partition coefficient (Wildman–Crippen LogP) is 1.54. The van der Waals surface area contributed by atoms with E-state index in [0.29, 0.717) is 13.0 Å². The number of hydrogen-bond donors (Lipinski definition) is 3. The van der Waals surface area contributed by atoms with E-state index in [1.807, 2.05) is 5.32 Å². The minimum atomic E-state index is -5.13. The van der Waals surface area contributed by atoms with Gasteiger partial charge in [0, 0.05) is 19.6 Å². The van der Waals surface area contributed by atoms with Crippen LogP contribution in [0.1, 0.15) is 46.5 Å². The molecule has 0 aromatic carbocycles. The number of nitriles is 1. The fourth-order valence-electron chi connectivity index (χ4n) is 7.77. The van der Waals surface area contributed by atoms with Crippen molar-refractivity contribution in [3.05, 3.63) is 12.2 Å². The van der Waals surface area contributed by atoms with Crippen molar-refractivity contribution >= 4 is 17.7 Å². The average Bonchev–Trinajstić information content (AvgIpc) is 3.62. The third kappa shape index (κ3) is 4.61. The second-order valence-electron chi connectivity index (χ2n) is 13.0. The van der Waals surface area contributed by atoms with Gasteiger partial charge in [-0.05, 0) is 54.8 Å². The highest BCUT2D eigenvalue weighted by atomic mass is 19.4. The predicted molar refractivity (Wildman–Crippen MR) is 132 cm³/mol. The maximum Gasteiger partial charge on any atom is 0.471 e. The van der Waals surface area contributed by atoms with Crippen LogP contribution in [0, 0.1) is 45.8 Å². The molecule has 2 bridgehead atoms. The molecule has 9 nitrogen and oxygen atoms in total. The number of fused-ring (bicyclic) bond motifs is 5. The Bertz CT molecular complexity index is 1110. The van der Waals surface area contributed by atoms with E-state index >= 15 is 0 Å². The van der Waals surface area contributed by atoms with Crippen LogP contribution in [0.15, 0.2) is 12.2 Å². The van der Waals surface area contributed by atoms with Gasteiger partial charge in [-0.15, -0.1) is 0 Å². The Hall–Kier alpha value is -2.65. The van der Waals surface area contributed by atoms with Crippen LogP contribution in [0.5, 0.6) is 0 Å². The van der Waals surface area contributed by atoms with Crippen molar-refractivity contribution < 1.29 is 32.7 Å².